The lowest BCUT2D eigenvalue weighted by Crippen LogP contribution is -2.46. The normalized spacial score (nSPS) is 19.3. The van der Waals surface area contributed by atoms with Crippen molar-refractivity contribution >= 4 is 22.5 Å². The zero-order valence-corrected chi connectivity index (χ0v) is 17.0. The van der Waals surface area contributed by atoms with Gasteiger partial charge in [0.15, 0.2) is 0 Å². The van der Waals surface area contributed by atoms with Crippen molar-refractivity contribution in [2.45, 2.75) is 51.2 Å². The fourth-order valence-corrected chi connectivity index (χ4v) is 4.51. The number of benzene rings is 2. The molecule has 0 spiro atoms. The number of anilines is 1. The minimum absolute atomic E-state index is 0.102. The van der Waals surface area contributed by atoms with Crippen LogP contribution in [0.5, 0.6) is 0 Å². The molecular weight excluding hydrogens is 360 g/mol. The van der Waals surface area contributed by atoms with Crippen molar-refractivity contribution in [1.82, 2.24) is 15.2 Å². The molecule has 2 atom stereocenters. The van der Waals surface area contributed by atoms with Gasteiger partial charge in [0.25, 0.3) is 5.91 Å². The molecule has 0 radical (unpaired) electrons. The molecule has 5 heteroatoms. The first-order chi connectivity index (χ1) is 14.1. The molecule has 2 unspecified atom stereocenters. The van der Waals surface area contributed by atoms with Gasteiger partial charge in [-0.05, 0) is 62.4 Å². The Morgan fingerprint density at radius 1 is 1.17 bits per heavy atom. The van der Waals surface area contributed by atoms with Crippen LogP contribution in [0, 0.1) is 0 Å². The number of carbonyl (C=O) groups is 1. The average molecular weight is 391 g/mol. The Bertz CT molecular complexity index is 947. The van der Waals surface area contributed by atoms with Crippen LogP contribution in [-0.4, -0.2) is 34.4 Å². The van der Waals surface area contributed by atoms with Crippen molar-refractivity contribution < 1.29 is 4.79 Å². The van der Waals surface area contributed by atoms with Crippen LogP contribution >= 0.6 is 0 Å². The van der Waals surface area contributed by atoms with Gasteiger partial charge in [-0.1, -0.05) is 30.3 Å². The first-order valence-corrected chi connectivity index (χ1v) is 10.6. The predicted octanol–water partition coefficient (Wildman–Crippen LogP) is 4.31. The number of hydrogen-bond acceptors (Lipinski definition) is 3. The number of nitrogens with two attached hydrogens (primary N) is 1. The molecule has 0 bridgehead atoms. The Kier molecular flexibility index (Phi) is 5.86. The molecule has 1 fully saturated rings. The maximum absolute atomic E-state index is 13.2. The van der Waals surface area contributed by atoms with E-state index >= 15 is 0 Å². The van der Waals surface area contributed by atoms with Gasteiger partial charge in [-0.2, -0.15) is 0 Å². The summed E-state index contributed by atoms with van der Waals surface area (Å²) in [5.41, 5.74) is 9.58. The summed E-state index contributed by atoms with van der Waals surface area (Å²) >= 11 is 0. The van der Waals surface area contributed by atoms with Gasteiger partial charge in [0, 0.05) is 41.8 Å². The van der Waals surface area contributed by atoms with E-state index in [4.69, 9.17) is 5.73 Å². The first kappa shape index (κ1) is 19.5. The van der Waals surface area contributed by atoms with E-state index in [1.54, 1.807) is 0 Å². The summed E-state index contributed by atoms with van der Waals surface area (Å²) in [4.78, 5) is 18.6. The Morgan fingerprint density at radius 3 is 2.83 bits per heavy atom. The van der Waals surface area contributed by atoms with Crippen LogP contribution in [0.25, 0.3) is 10.9 Å². The van der Waals surface area contributed by atoms with E-state index in [9.17, 15) is 4.79 Å². The van der Waals surface area contributed by atoms with Crippen LogP contribution < -0.4 is 11.1 Å². The Labute approximate surface area is 172 Å². The molecule has 4 rings (SSSR count). The van der Waals surface area contributed by atoms with Crippen LogP contribution in [0.3, 0.4) is 0 Å². The van der Waals surface area contributed by atoms with Crippen molar-refractivity contribution in [1.29, 1.82) is 0 Å². The van der Waals surface area contributed by atoms with Gasteiger partial charge in [0.2, 0.25) is 0 Å². The highest BCUT2D eigenvalue weighted by Gasteiger charge is 2.29. The summed E-state index contributed by atoms with van der Waals surface area (Å²) in [6, 6.07) is 18.7. The predicted molar refractivity (Wildman–Crippen MR) is 119 cm³/mol. The molecule has 4 N–H and O–H groups in total. The Hall–Kier alpha value is -2.79. The molecule has 0 saturated heterocycles. The van der Waals surface area contributed by atoms with Crippen molar-refractivity contribution in [2.24, 2.45) is 0 Å². The van der Waals surface area contributed by atoms with Crippen molar-refractivity contribution in [3.63, 3.8) is 0 Å². The quantitative estimate of drug-likeness (QED) is 0.549. The third kappa shape index (κ3) is 4.46. The minimum atomic E-state index is 0.102. The summed E-state index contributed by atoms with van der Waals surface area (Å²) in [7, 11) is 0. The fraction of sp³-hybridized carbons (Fsp3) is 0.375. The number of para-hydroxylation sites is 1. The highest BCUT2D eigenvalue weighted by atomic mass is 16.2. The SMILES string of the molecule is CCN(C(=O)c1cc2ccccc2[nH]1)C1CCCC(NCc2cccc(N)c2)C1. The van der Waals surface area contributed by atoms with Gasteiger partial charge in [-0.25, -0.2) is 0 Å². The van der Waals surface area contributed by atoms with E-state index in [1.807, 2.05) is 53.4 Å². The lowest BCUT2D eigenvalue weighted by atomic mass is 9.89. The lowest BCUT2D eigenvalue weighted by Gasteiger charge is -2.37. The Balaban J connectivity index is 1.42. The first-order valence-electron chi connectivity index (χ1n) is 10.6. The maximum Gasteiger partial charge on any atom is 0.270 e. The summed E-state index contributed by atoms with van der Waals surface area (Å²) in [5, 5.41) is 4.75. The number of carbonyl (C=O) groups excluding carboxylic acids is 1. The highest BCUT2D eigenvalue weighted by Crippen LogP contribution is 2.26. The van der Waals surface area contributed by atoms with Crippen LogP contribution in [-0.2, 0) is 6.54 Å². The van der Waals surface area contributed by atoms with Gasteiger partial charge >= 0.3 is 0 Å². The van der Waals surface area contributed by atoms with E-state index < -0.39 is 0 Å². The minimum Gasteiger partial charge on any atom is -0.399 e. The van der Waals surface area contributed by atoms with E-state index in [2.05, 4.69) is 23.3 Å². The molecule has 1 heterocycles. The van der Waals surface area contributed by atoms with Gasteiger partial charge in [-0.3, -0.25) is 4.79 Å². The van der Waals surface area contributed by atoms with E-state index in [0.717, 1.165) is 55.4 Å². The number of aromatic nitrogens is 1. The molecule has 5 nitrogen and oxygen atoms in total. The third-order valence-corrected chi connectivity index (χ3v) is 6.00. The van der Waals surface area contributed by atoms with Crippen LogP contribution in [0.15, 0.2) is 54.6 Å². The second kappa shape index (κ2) is 8.70. The number of nitrogens with one attached hydrogen (secondary N) is 2. The number of nitrogens with zero attached hydrogens (tertiary/aromatic N) is 1. The van der Waals surface area contributed by atoms with Gasteiger partial charge < -0.3 is 20.9 Å². The molecule has 1 aliphatic rings. The van der Waals surface area contributed by atoms with Crippen molar-refractivity contribution in [3.05, 3.63) is 65.9 Å². The van der Waals surface area contributed by atoms with Crippen LogP contribution in [0.1, 0.15) is 48.7 Å². The molecule has 3 aromatic rings. The van der Waals surface area contributed by atoms with E-state index in [-0.39, 0.29) is 11.9 Å². The Morgan fingerprint density at radius 2 is 2.03 bits per heavy atom. The summed E-state index contributed by atoms with van der Waals surface area (Å²) in [6.07, 6.45) is 4.34. The fourth-order valence-electron chi connectivity index (χ4n) is 4.51. The molecule has 1 saturated carbocycles. The molecular formula is C24H30N4O. The number of amides is 1. The van der Waals surface area contributed by atoms with Gasteiger partial charge in [0.05, 0.1) is 0 Å². The second-order valence-corrected chi connectivity index (χ2v) is 8.00. The summed E-state index contributed by atoms with van der Waals surface area (Å²) in [5.74, 6) is 0.102. The topological polar surface area (TPSA) is 74.2 Å². The molecule has 1 aliphatic carbocycles. The lowest BCUT2D eigenvalue weighted by molar-refractivity contribution is 0.0623. The molecule has 152 valence electrons. The number of nitrogen functional groups attached to an aromatic ring is 1. The molecule has 29 heavy (non-hydrogen) atoms. The monoisotopic (exact) mass is 390 g/mol. The highest BCUT2D eigenvalue weighted by molar-refractivity contribution is 5.98. The summed E-state index contributed by atoms with van der Waals surface area (Å²) < 4.78 is 0. The van der Waals surface area contributed by atoms with Gasteiger partial charge in [0.1, 0.15) is 5.69 Å². The summed E-state index contributed by atoms with van der Waals surface area (Å²) in [6.45, 7) is 3.61. The number of hydrogen-bond donors (Lipinski definition) is 3. The number of aromatic amines is 1. The molecule has 1 amide bonds. The van der Waals surface area contributed by atoms with Crippen LogP contribution in [0.2, 0.25) is 0 Å². The maximum atomic E-state index is 13.2. The molecule has 2 aromatic carbocycles. The van der Waals surface area contributed by atoms with Gasteiger partial charge in [-0.15, -0.1) is 0 Å². The molecule has 0 aliphatic heterocycles. The number of fused-ring (bicyclic) bond motifs is 1. The molecule has 1 aromatic heterocycles. The van der Waals surface area contributed by atoms with E-state index in [0.29, 0.717) is 11.7 Å². The number of H-pyrrole nitrogens is 1. The van der Waals surface area contributed by atoms with Crippen molar-refractivity contribution in [3.8, 4) is 0 Å². The standard InChI is InChI=1S/C24H30N4O/c1-2-28(24(29)23-14-18-8-3-4-12-22(18)27-23)21-11-6-10-20(15-21)26-16-17-7-5-9-19(25)13-17/h3-5,7-9,12-14,20-21,26-27H,2,6,10-11,15-16,25H2,1H3. The zero-order chi connectivity index (χ0) is 20.2. The smallest absolute Gasteiger partial charge is 0.270 e. The largest absolute Gasteiger partial charge is 0.399 e. The second-order valence-electron chi connectivity index (χ2n) is 8.00. The zero-order valence-electron chi connectivity index (χ0n) is 17.0. The van der Waals surface area contributed by atoms with Crippen molar-refractivity contribution in [2.75, 3.05) is 12.3 Å². The van der Waals surface area contributed by atoms with Crippen LogP contribution in [0.4, 0.5) is 5.69 Å². The average Bonchev–Trinajstić information content (AvgIpc) is 3.17. The van der Waals surface area contributed by atoms with E-state index in [1.165, 1.54) is 5.56 Å². The third-order valence-electron chi connectivity index (χ3n) is 6.00. The number of rotatable bonds is 6.